The van der Waals surface area contributed by atoms with Crippen LogP contribution in [-0.2, 0) is 6.54 Å². The van der Waals surface area contributed by atoms with Crippen molar-refractivity contribution in [1.82, 2.24) is 9.99 Å². The average molecular weight is 384 g/mol. The molecule has 0 aliphatic carbocycles. The number of thiophene rings is 1. The van der Waals surface area contributed by atoms with Gasteiger partial charge < -0.3 is 4.57 Å². The SMILES string of the molecule is N#Cc1ccccc1Cn1cc(/C=N\NC(=O)c2cccs2)c2ccccc21. The maximum absolute atomic E-state index is 12.0. The Bertz CT molecular complexity index is 1200. The van der Waals surface area contributed by atoms with Crippen molar-refractivity contribution in [2.45, 2.75) is 6.54 Å². The molecule has 0 spiro atoms. The first-order valence-corrected chi connectivity index (χ1v) is 9.57. The van der Waals surface area contributed by atoms with Crippen LogP contribution in [0, 0.1) is 11.3 Å². The highest BCUT2D eigenvalue weighted by molar-refractivity contribution is 7.12. The summed E-state index contributed by atoms with van der Waals surface area (Å²) in [6, 6.07) is 21.4. The van der Waals surface area contributed by atoms with Crippen LogP contribution < -0.4 is 5.43 Å². The van der Waals surface area contributed by atoms with Gasteiger partial charge in [0.25, 0.3) is 5.91 Å². The molecule has 0 atom stereocenters. The highest BCUT2D eigenvalue weighted by Gasteiger charge is 2.09. The molecule has 28 heavy (non-hydrogen) atoms. The van der Waals surface area contributed by atoms with Crippen molar-refractivity contribution >= 4 is 34.4 Å². The van der Waals surface area contributed by atoms with Crippen LogP contribution in [0.5, 0.6) is 0 Å². The predicted octanol–water partition coefficient (Wildman–Crippen LogP) is 4.39. The van der Waals surface area contributed by atoms with Gasteiger partial charge in [0.05, 0.1) is 22.7 Å². The fraction of sp³-hybridized carbons (Fsp3) is 0.0455. The van der Waals surface area contributed by atoms with Crippen molar-refractivity contribution in [3.05, 3.63) is 93.8 Å². The molecule has 1 N–H and O–H groups in total. The minimum absolute atomic E-state index is 0.224. The maximum atomic E-state index is 12.0. The Balaban J connectivity index is 1.62. The molecule has 4 aromatic rings. The van der Waals surface area contributed by atoms with E-state index in [0.717, 1.165) is 22.0 Å². The second-order valence-corrected chi connectivity index (χ2v) is 7.12. The zero-order chi connectivity index (χ0) is 19.3. The zero-order valence-corrected chi connectivity index (χ0v) is 15.7. The van der Waals surface area contributed by atoms with Crippen LogP contribution in [0.2, 0.25) is 0 Å². The summed E-state index contributed by atoms with van der Waals surface area (Å²) in [6.45, 7) is 0.583. The summed E-state index contributed by atoms with van der Waals surface area (Å²) in [5.41, 5.74) is 6.13. The zero-order valence-electron chi connectivity index (χ0n) is 14.9. The maximum Gasteiger partial charge on any atom is 0.281 e. The summed E-state index contributed by atoms with van der Waals surface area (Å²) in [6.07, 6.45) is 3.64. The Morgan fingerprint density at radius 3 is 2.79 bits per heavy atom. The Morgan fingerprint density at radius 1 is 1.14 bits per heavy atom. The lowest BCUT2D eigenvalue weighted by molar-refractivity contribution is 0.0959. The number of benzene rings is 2. The van der Waals surface area contributed by atoms with E-state index in [9.17, 15) is 10.1 Å². The molecular formula is C22H16N4OS. The van der Waals surface area contributed by atoms with Crippen molar-refractivity contribution in [2.24, 2.45) is 5.10 Å². The van der Waals surface area contributed by atoms with Gasteiger partial charge in [0.2, 0.25) is 0 Å². The Labute approximate surface area is 166 Å². The molecule has 0 radical (unpaired) electrons. The van der Waals surface area contributed by atoms with Crippen LogP contribution >= 0.6 is 11.3 Å². The third-order valence-electron chi connectivity index (χ3n) is 4.41. The summed E-state index contributed by atoms with van der Waals surface area (Å²) in [7, 11) is 0. The van der Waals surface area contributed by atoms with Gasteiger partial charge in [0, 0.05) is 29.2 Å². The quantitative estimate of drug-likeness (QED) is 0.410. The molecule has 0 fully saturated rings. The number of para-hydroxylation sites is 1. The first-order valence-electron chi connectivity index (χ1n) is 8.69. The van der Waals surface area contributed by atoms with Crippen LogP contribution in [0.4, 0.5) is 0 Å². The van der Waals surface area contributed by atoms with Crippen molar-refractivity contribution in [3.63, 3.8) is 0 Å². The van der Waals surface area contributed by atoms with E-state index in [1.54, 1.807) is 12.3 Å². The van der Waals surface area contributed by atoms with E-state index in [-0.39, 0.29) is 5.91 Å². The predicted molar refractivity (Wildman–Crippen MR) is 112 cm³/mol. The molecule has 0 saturated carbocycles. The van der Waals surface area contributed by atoms with Gasteiger partial charge in [-0.05, 0) is 29.1 Å². The summed E-state index contributed by atoms with van der Waals surface area (Å²) in [5.74, 6) is -0.224. The van der Waals surface area contributed by atoms with E-state index in [1.165, 1.54) is 11.3 Å². The highest BCUT2D eigenvalue weighted by Crippen LogP contribution is 2.22. The minimum Gasteiger partial charge on any atom is -0.342 e. The number of hydrogen-bond acceptors (Lipinski definition) is 4. The highest BCUT2D eigenvalue weighted by atomic mass is 32.1. The van der Waals surface area contributed by atoms with Crippen LogP contribution in [-0.4, -0.2) is 16.7 Å². The van der Waals surface area contributed by atoms with E-state index < -0.39 is 0 Å². The van der Waals surface area contributed by atoms with Crippen LogP contribution in [0.3, 0.4) is 0 Å². The minimum atomic E-state index is -0.224. The molecular weight excluding hydrogens is 368 g/mol. The third kappa shape index (κ3) is 3.56. The smallest absolute Gasteiger partial charge is 0.281 e. The first kappa shape index (κ1) is 17.7. The second kappa shape index (κ2) is 7.91. The molecule has 6 heteroatoms. The molecule has 4 rings (SSSR count). The molecule has 2 aromatic heterocycles. The van der Waals surface area contributed by atoms with Gasteiger partial charge in [0.1, 0.15) is 0 Å². The molecule has 1 amide bonds. The number of nitriles is 1. The number of fused-ring (bicyclic) bond motifs is 1. The fourth-order valence-electron chi connectivity index (χ4n) is 3.08. The van der Waals surface area contributed by atoms with E-state index in [0.29, 0.717) is 17.0 Å². The molecule has 2 aromatic carbocycles. The number of nitrogens with zero attached hydrogens (tertiary/aromatic N) is 3. The molecule has 0 saturated heterocycles. The number of carbonyl (C=O) groups excluding carboxylic acids is 1. The largest absolute Gasteiger partial charge is 0.342 e. The monoisotopic (exact) mass is 384 g/mol. The molecule has 2 heterocycles. The van der Waals surface area contributed by atoms with E-state index in [4.69, 9.17) is 0 Å². The normalized spacial score (nSPS) is 11.0. The lowest BCUT2D eigenvalue weighted by atomic mass is 10.1. The second-order valence-electron chi connectivity index (χ2n) is 6.17. The first-order chi connectivity index (χ1) is 13.8. The topological polar surface area (TPSA) is 70.2 Å². The number of nitrogens with one attached hydrogen (secondary N) is 1. The molecule has 5 nitrogen and oxygen atoms in total. The number of hydrazone groups is 1. The average Bonchev–Trinajstić information content (AvgIpc) is 3.38. The third-order valence-corrected chi connectivity index (χ3v) is 5.28. The Morgan fingerprint density at radius 2 is 1.96 bits per heavy atom. The van der Waals surface area contributed by atoms with E-state index in [2.05, 4.69) is 21.2 Å². The molecule has 0 aliphatic heterocycles. The Kier molecular flexibility index (Phi) is 5.00. The Hall–Kier alpha value is -3.69. The molecule has 0 aliphatic rings. The van der Waals surface area contributed by atoms with Crippen molar-refractivity contribution in [2.75, 3.05) is 0 Å². The lowest BCUT2D eigenvalue weighted by Gasteiger charge is -2.07. The van der Waals surface area contributed by atoms with Gasteiger partial charge in [-0.2, -0.15) is 10.4 Å². The summed E-state index contributed by atoms with van der Waals surface area (Å²) >= 11 is 1.37. The van der Waals surface area contributed by atoms with Crippen LogP contribution in [0.15, 0.2) is 77.3 Å². The summed E-state index contributed by atoms with van der Waals surface area (Å²) in [5, 5.41) is 16.3. The number of rotatable bonds is 5. The molecule has 0 bridgehead atoms. The molecule has 0 unspecified atom stereocenters. The standard InChI is InChI=1S/C22H16N4OS/c23-12-16-6-1-2-7-17(16)14-26-15-18(19-8-3-4-9-20(19)26)13-24-25-22(27)21-10-5-11-28-21/h1-11,13,15H,14H2,(H,25,27)/b24-13-. The fourth-order valence-corrected chi connectivity index (χ4v) is 3.70. The summed E-state index contributed by atoms with van der Waals surface area (Å²) < 4.78 is 2.09. The van der Waals surface area contributed by atoms with Gasteiger partial charge in [-0.3, -0.25) is 4.79 Å². The van der Waals surface area contributed by atoms with Crippen molar-refractivity contribution in [3.8, 4) is 6.07 Å². The van der Waals surface area contributed by atoms with E-state index in [1.807, 2.05) is 66.2 Å². The number of aromatic nitrogens is 1. The summed E-state index contributed by atoms with van der Waals surface area (Å²) in [4.78, 5) is 12.6. The number of hydrogen-bond donors (Lipinski definition) is 1. The molecule has 136 valence electrons. The lowest BCUT2D eigenvalue weighted by Crippen LogP contribution is -2.16. The van der Waals surface area contributed by atoms with Crippen molar-refractivity contribution < 1.29 is 4.79 Å². The van der Waals surface area contributed by atoms with Crippen molar-refractivity contribution in [1.29, 1.82) is 5.26 Å². The number of amides is 1. The number of carbonyl (C=O) groups is 1. The van der Waals surface area contributed by atoms with Crippen LogP contribution in [0.1, 0.15) is 26.4 Å². The van der Waals surface area contributed by atoms with Crippen LogP contribution in [0.25, 0.3) is 10.9 Å². The van der Waals surface area contributed by atoms with Gasteiger partial charge >= 0.3 is 0 Å². The van der Waals surface area contributed by atoms with Gasteiger partial charge in [0.15, 0.2) is 0 Å². The van der Waals surface area contributed by atoms with Gasteiger partial charge in [-0.25, -0.2) is 5.43 Å². The van der Waals surface area contributed by atoms with Gasteiger partial charge in [-0.15, -0.1) is 11.3 Å². The van der Waals surface area contributed by atoms with E-state index >= 15 is 0 Å². The van der Waals surface area contributed by atoms with Gasteiger partial charge in [-0.1, -0.05) is 42.5 Å².